The summed E-state index contributed by atoms with van der Waals surface area (Å²) in [7, 11) is 1.35. The molecule has 2 rings (SSSR count). The van der Waals surface area contributed by atoms with Crippen molar-refractivity contribution in [2.24, 2.45) is 0 Å². The van der Waals surface area contributed by atoms with E-state index in [1.165, 1.54) is 25.3 Å². The number of nitro groups is 1. The van der Waals surface area contributed by atoms with Crippen LogP contribution in [0.1, 0.15) is 23.2 Å². The number of nitrogens with zero attached hydrogens (tertiary/aromatic N) is 2. The quantitative estimate of drug-likeness (QED) is 0.606. The molecule has 0 atom stereocenters. The molecule has 96 valence electrons. The summed E-state index contributed by atoms with van der Waals surface area (Å²) in [6.45, 7) is 1.50. The molecule has 0 unspecified atom stereocenters. The van der Waals surface area contributed by atoms with Crippen LogP contribution in [0, 0.1) is 10.1 Å². The Kier molecular flexibility index (Phi) is 3.45. The number of nitro benzene ring substituents is 1. The number of amides is 1. The summed E-state index contributed by atoms with van der Waals surface area (Å²) in [4.78, 5) is 24.1. The van der Waals surface area contributed by atoms with Gasteiger partial charge in [-0.2, -0.15) is 0 Å². The first kappa shape index (κ1) is 12.3. The van der Waals surface area contributed by atoms with Crippen LogP contribution in [0.25, 0.3) is 0 Å². The highest BCUT2D eigenvalue weighted by molar-refractivity contribution is 5.95. The zero-order valence-corrected chi connectivity index (χ0v) is 10.1. The second kappa shape index (κ2) is 5.03. The van der Waals surface area contributed by atoms with E-state index in [4.69, 9.17) is 4.74 Å². The van der Waals surface area contributed by atoms with Gasteiger partial charge in [0, 0.05) is 30.8 Å². The average molecular weight is 250 g/mol. The molecule has 1 fully saturated rings. The van der Waals surface area contributed by atoms with Crippen molar-refractivity contribution in [3.8, 4) is 5.75 Å². The molecule has 1 aromatic rings. The number of benzene rings is 1. The molecule has 0 bridgehead atoms. The third-order valence-corrected chi connectivity index (χ3v) is 3.02. The molecule has 0 aliphatic carbocycles. The third-order valence-electron chi connectivity index (χ3n) is 3.02. The van der Waals surface area contributed by atoms with Crippen molar-refractivity contribution in [3.63, 3.8) is 0 Å². The minimum atomic E-state index is -0.525. The van der Waals surface area contributed by atoms with Crippen LogP contribution >= 0.6 is 0 Å². The summed E-state index contributed by atoms with van der Waals surface area (Å²) in [5, 5.41) is 10.7. The van der Waals surface area contributed by atoms with Gasteiger partial charge >= 0.3 is 5.69 Å². The van der Waals surface area contributed by atoms with Crippen molar-refractivity contribution >= 4 is 11.6 Å². The highest BCUT2D eigenvalue weighted by Crippen LogP contribution is 2.28. The number of likely N-dealkylation sites (tertiary alicyclic amines) is 1. The first-order valence-corrected chi connectivity index (χ1v) is 5.75. The summed E-state index contributed by atoms with van der Waals surface area (Å²) < 4.78 is 4.95. The van der Waals surface area contributed by atoms with Crippen molar-refractivity contribution in [2.75, 3.05) is 20.2 Å². The van der Waals surface area contributed by atoms with Crippen LogP contribution in [0.3, 0.4) is 0 Å². The summed E-state index contributed by atoms with van der Waals surface area (Å²) >= 11 is 0. The first-order valence-electron chi connectivity index (χ1n) is 5.75. The highest BCUT2D eigenvalue weighted by atomic mass is 16.6. The van der Waals surface area contributed by atoms with Crippen LogP contribution < -0.4 is 4.74 Å². The lowest BCUT2D eigenvalue weighted by Crippen LogP contribution is -2.27. The minimum absolute atomic E-state index is 0.0966. The van der Waals surface area contributed by atoms with Gasteiger partial charge in [-0.3, -0.25) is 14.9 Å². The summed E-state index contributed by atoms with van der Waals surface area (Å²) in [5.74, 6) is 0.0192. The van der Waals surface area contributed by atoms with Crippen LogP contribution in [0.5, 0.6) is 5.75 Å². The van der Waals surface area contributed by atoms with Crippen molar-refractivity contribution in [1.82, 2.24) is 4.90 Å². The van der Waals surface area contributed by atoms with Crippen LogP contribution in [0.4, 0.5) is 5.69 Å². The van der Waals surface area contributed by atoms with Gasteiger partial charge in [-0.1, -0.05) is 0 Å². The van der Waals surface area contributed by atoms with Crippen molar-refractivity contribution in [3.05, 3.63) is 33.9 Å². The molecule has 1 aliphatic rings. The van der Waals surface area contributed by atoms with Gasteiger partial charge in [0.25, 0.3) is 5.91 Å². The van der Waals surface area contributed by atoms with Gasteiger partial charge in [0.2, 0.25) is 0 Å². The molecule has 0 N–H and O–H groups in total. The number of hydrogen-bond donors (Lipinski definition) is 0. The van der Waals surface area contributed by atoms with Gasteiger partial charge in [-0.05, 0) is 18.9 Å². The zero-order valence-electron chi connectivity index (χ0n) is 10.1. The molecule has 6 nitrogen and oxygen atoms in total. The Morgan fingerprint density at radius 2 is 2.06 bits per heavy atom. The lowest BCUT2D eigenvalue weighted by molar-refractivity contribution is -0.385. The Labute approximate surface area is 104 Å². The van der Waals surface area contributed by atoms with Gasteiger partial charge in [-0.15, -0.1) is 0 Å². The Bertz CT molecular complexity index is 481. The molecule has 1 aliphatic heterocycles. The number of rotatable bonds is 3. The summed E-state index contributed by atoms with van der Waals surface area (Å²) in [6, 6.07) is 4.21. The van der Waals surface area contributed by atoms with E-state index in [0.29, 0.717) is 5.56 Å². The summed E-state index contributed by atoms with van der Waals surface area (Å²) in [5.41, 5.74) is 0.301. The van der Waals surface area contributed by atoms with Crippen LogP contribution in [0.15, 0.2) is 18.2 Å². The Morgan fingerprint density at radius 3 is 2.61 bits per heavy atom. The fourth-order valence-electron chi connectivity index (χ4n) is 2.06. The van der Waals surface area contributed by atoms with E-state index in [0.717, 1.165) is 25.9 Å². The highest BCUT2D eigenvalue weighted by Gasteiger charge is 2.22. The molecule has 6 heteroatoms. The molecular formula is C12H14N2O4. The third kappa shape index (κ3) is 2.27. The predicted molar refractivity (Wildman–Crippen MR) is 64.8 cm³/mol. The molecule has 1 heterocycles. The van der Waals surface area contributed by atoms with E-state index in [9.17, 15) is 14.9 Å². The number of carbonyl (C=O) groups is 1. The normalized spacial score (nSPS) is 14.6. The molecule has 1 aromatic carbocycles. The van der Waals surface area contributed by atoms with Crippen LogP contribution in [-0.2, 0) is 0 Å². The van der Waals surface area contributed by atoms with Gasteiger partial charge in [-0.25, -0.2) is 0 Å². The SMILES string of the molecule is COc1cc(C(=O)N2CCCC2)ccc1[N+](=O)[O-]. The maximum absolute atomic E-state index is 12.1. The fourth-order valence-corrected chi connectivity index (χ4v) is 2.06. The van der Waals surface area contributed by atoms with E-state index < -0.39 is 4.92 Å². The van der Waals surface area contributed by atoms with E-state index >= 15 is 0 Å². The Morgan fingerprint density at radius 1 is 1.39 bits per heavy atom. The van der Waals surface area contributed by atoms with Gasteiger partial charge in [0.05, 0.1) is 12.0 Å². The Balaban J connectivity index is 2.29. The van der Waals surface area contributed by atoms with Crippen LogP contribution in [0.2, 0.25) is 0 Å². The van der Waals surface area contributed by atoms with Crippen molar-refractivity contribution in [1.29, 1.82) is 0 Å². The molecular weight excluding hydrogens is 236 g/mol. The number of ether oxygens (including phenoxy) is 1. The topological polar surface area (TPSA) is 72.7 Å². The van der Waals surface area contributed by atoms with Gasteiger partial charge in [0.15, 0.2) is 5.75 Å². The van der Waals surface area contributed by atoms with Gasteiger partial charge < -0.3 is 9.64 Å². The number of methoxy groups -OCH3 is 1. The van der Waals surface area contributed by atoms with E-state index in [2.05, 4.69) is 0 Å². The smallest absolute Gasteiger partial charge is 0.310 e. The monoisotopic (exact) mass is 250 g/mol. The lowest BCUT2D eigenvalue weighted by atomic mass is 10.1. The second-order valence-electron chi connectivity index (χ2n) is 4.14. The summed E-state index contributed by atoms with van der Waals surface area (Å²) in [6.07, 6.45) is 2.02. The Hall–Kier alpha value is -2.11. The molecule has 0 saturated carbocycles. The van der Waals surface area contributed by atoms with Crippen molar-refractivity contribution in [2.45, 2.75) is 12.8 Å². The maximum Gasteiger partial charge on any atom is 0.310 e. The van der Waals surface area contributed by atoms with E-state index in [1.807, 2.05) is 0 Å². The average Bonchev–Trinajstić information content (AvgIpc) is 2.90. The fraction of sp³-hybridized carbons (Fsp3) is 0.417. The molecule has 0 radical (unpaired) electrons. The number of carbonyl (C=O) groups excluding carboxylic acids is 1. The second-order valence-corrected chi connectivity index (χ2v) is 4.14. The van der Waals surface area contributed by atoms with Crippen LogP contribution in [-0.4, -0.2) is 35.9 Å². The van der Waals surface area contributed by atoms with E-state index in [-0.39, 0.29) is 17.3 Å². The lowest BCUT2D eigenvalue weighted by Gasteiger charge is -2.15. The predicted octanol–water partition coefficient (Wildman–Crippen LogP) is 1.84. The van der Waals surface area contributed by atoms with Gasteiger partial charge in [0.1, 0.15) is 0 Å². The minimum Gasteiger partial charge on any atom is -0.490 e. The van der Waals surface area contributed by atoms with Crippen molar-refractivity contribution < 1.29 is 14.5 Å². The largest absolute Gasteiger partial charge is 0.490 e. The molecule has 1 amide bonds. The standard InChI is InChI=1S/C12H14N2O4/c1-18-11-8-9(4-5-10(11)14(16)17)12(15)13-6-2-3-7-13/h4-5,8H,2-3,6-7H2,1H3. The number of hydrogen-bond acceptors (Lipinski definition) is 4. The zero-order chi connectivity index (χ0) is 13.1. The molecule has 1 saturated heterocycles. The molecule has 0 spiro atoms. The molecule has 18 heavy (non-hydrogen) atoms. The maximum atomic E-state index is 12.1. The van der Waals surface area contributed by atoms with E-state index in [1.54, 1.807) is 4.90 Å². The first-order chi connectivity index (χ1) is 8.63. The molecule has 0 aromatic heterocycles.